The van der Waals surface area contributed by atoms with Crippen LogP contribution in [0.15, 0.2) is 11.8 Å². The number of unbranched alkanes of at least 4 members (excludes halogenated alkanes) is 9. The molecule has 0 aromatic carbocycles. The summed E-state index contributed by atoms with van der Waals surface area (Å²) in [5.41, 5.74) is 16.6. The number of rotatable bonds is 29. The maximum atomic E-state index is 14.2. The Morgan fingerprint density at radius 2 is 1.15 bits per heavy atom. The summed E-state index contributed by atoms with van der Waals surface area (Å²) in [6.45, 7) is 4.09. The second kappa shape index (κ2) is 42.2. The van der Waals surface area contributed by atoms with Gasteiger partial charge in [0.2, 0.25) is 47.3 Å². The lowest BCUT2D eigenvalue weighted by atomic mass is 10.0. The van der Waals surface area contributed by atoms with Gasteiger partial charge in [-0.05, 0) is 78.9 Å². The number of allylic oxidation sites excluding steroid dienone is 1. The molecule has 0 radical (unpaired) electrons. The highest BCUT2D eigenvalue weighted by Crippen LogP contribution is 2.14. The van der Waals surface area contributed by atoms with Gasteiger partial charge in [0.15, 0.2) is 12.1 Å². The highest BCUT2D eigenvalue weighted by Gasteiger charge is 2.41. The lowest BCUT2D eigenvalue weighted by molar-refractivity contribution is -0.154. The first-order valence-corrected chi connectivity index (χ1v) is 29.3. The zero-order valence-corrected chi connectivity index (χ0v) is 49.7. The number of ether oxygens (including phenoxy) is 1. The molecule has 1 aliphatic heterocycles. The minimum absolute atomic E-state index is 0.116. The fraction of sp³-hybridized carbons (Fsp3) is 0.736. The van der Waals surface area contributed by atoms with Gasteiger partial charge in [0, 0.05) is 6.54 Å². The smallest absolute Gasteiger partial charge is 0.331 e. The first kappa shape index (κ1) is 76.4. The molecule has 0 bridgehead atoms. The number of halogens is 1. The molecular weight excluding hydrogens is 1140 g/mol. The van der Waals surface area contributed by atoms with Crippen molar-refractivity contribution in [2.75, 3.05) is 38.7 Å². The molecule has 0 aromatic rings. The third-order valence-electron chi connectivity index (χ3n) is 13.3. The van der Waals surface area contributed by atoms with Gasteiger partial charge >= 0.3 is 11.9 Å². The van der Waals surface area contributed by atoms with Gasteiger partial charge in [-0.2, -0.15) is 0 Å². The van der Waals surface area contributed by atoms with Crippen molar-refractivity contribution < 1.29 is 87.8 Å². The van der Waals surface area contributed by atoms with Gasteiger partial charge in [0.05, 0.1) is 37.0 Å². The summed E-state index contributed by atoms with van der Waals surface area (Å²) in [5.74, 6) is -16.4. The molecule has 31 nitrogen and oxygen atoms in total. The highest BCUT2D eigenvalue weighted by molar-refractivity contribution is 6.18. The van der Waals surface area contributed by atoms with Crippen molar-refractivity contribution in [1.82, 2.24) is 53.2 Å². The van der Waals surface area contributed by atoms with E-state index in [9.17, 15) is 83.1 Å². The Bertz CT molecular complexity index is 2230. The van der Waals surface area contributed by atoms with E-state index >= 15 is 0 Å². The molecule has 1 fully saturated rings. The number of carboxylic acids is 1. The average Bonchev–Trinajstić information content (AvgIpc) is 3.65. The first-order valence-electron chi connectivity index (χ1n) is 28.8. The van der Waals surface area contributed by atoms with E-state index in [4.69, 9.17) is 33.5 Å². The molecule has 0 aliphatic carbocycles. The number of aliphatic hydroxyl groups is 4. The quantitative estimate of drug-likeness (QED) is 0.0144. The number of nitrogens with two attached hydrogens (primary N) is 3. The fourth-order valence-corrected chi connectivity index (χ4v) is 8.69. The molecule has 484 valence electrons. The van der Waals surface area contributed by atoms with Crippen LogP contribution in [0.1, 0.15) is 137 Å². The van der Waals surface area contributed by atoms with Crippen molar-refractivity contribution in [2.24, 2.45) is 17.2 Å². The second-order valence-corrected chi connectivity index (χ2v) is 20.7. The van der Waals surface area contributed by atoms with Crippen LogP contribution in [0.4, 0.5) is 0 Å². The molecule has 85 heavy (non-hydrogen) atoms. The number of cyclic esters (lactones) is 1. The van der Waals surface area contributed by atoms with Crippen LogP contribution in [0.25, 0.3) is 0 Å². The van der Waals surface area contributed by atoms with Crippen molar-refractivity contribution in [3.05, 3.63) is 11.8 Å². The summed E-state index contributed by atoms with van der Waals surface area (Å²) in [6, 6.07) is -15.5. The number of carbonyl (C=O) groups is 12. The maximum absolute atomic E-state index is 14.2. The number of hydrogen-bond acceptors (Lipinski definition) is 20. The van der Waals surface area contributed by atoms with E-state index in [2.05, 4.69) is 54.8 Å². The Kier molecular flexibility index (Phi) is 38.0. The number of alkyl halides is 1. The molecule has 1 saturated heterocycles. The lowest BCUT2D eigenvalue weighted by Gasteiger charge is -2.29. The van der Waals surface area contributed by atoms with Gasteiger partial charge in [-0.3, -0.25) is 52.7 Å². The van der Waals surface area contributed by atoms with E-state index in [0.717, 1.165) is 64.4 Å². The molecule has 0 spiro atoms. The average molecular weight is 1230 g/mol. The van der Waals surface area contributed by atoms with E-state index in [0.29, 0.717) is 12.8 Å². The zero-order valence-electron chi connectivity index (χ0n) is 48.9. The molecule has 1 rings (SSSR count). The summed E-state index contributed by atoms with van der Waals surface area (Å²) >= 11 is 5.93. The largest absolute Gasteiger partial charge is 0.481 e. The highest BCUT2D eigenvalue weighted by atomic mass is 35.5. The Morgan fingerprint density at radius 3 is 1.67 bits per heavy atom. The van der Waals surface area contributed by atoms with Crippen LogP contribution in [0, 0.1) is 0 Å². The van der Waals surface area contributed by atoms with Crippen molar-refractivity contribution in [1.29, 1.82) is 0 Å². The minimum Gasteiger partial charge on any atom is -0.481 e. The Morgan fingerprint density at radius 1 is 0.635 bits per heavy atom. The normalized spacial score (nSPS) is 24.2. The number of aliphatic hydroxyl groups excluding tert-OH is 4. The summed E-state index contributed by atoms with van der Waals surface area (Å²) in [7, 11) is 0. The monoisotopic (exact) mass is 1230 g/mol. The van der Waals surface area contributed by atoms with Crippen molar-refractivity contribution >= 4 is 82.6 Å². The molecule has 1 heterocycles. The van der Waals surface area contributed by atoms with Crippen LogP contribution in [0.5, 0.6) is 0 Å². The van der Waals surface area contributed by atoms with E-state index in [1.165, 1.54) is 13.8 Å². The van der Waals surface area contributed by atoms with E-state index in [1.807, 2.05) is 5.32 Å². The number of likely N-dealkylation sites (N-methyl/N-ethyl adjacent to an activating group) is 1. The molecule has 10 amide bonds. The predicted octanol–water partition coefficient (Wildman–Crippen LogP) is -5.11. The number of carbonyl (C=O) groups excluding carboxylic acids is 11. The molecule has 12 atom stereocenters. The molecule has 1 unspecified atom stereocenters. The van der Waals surface area contributed by atoms with Crippen molar-refractivity contribution in [3.63, 3.8) is 0 Å². The number of nitrogens with one attached hydrogen (secondary N) is 10. The van der Waals surface area contributed by atoms with Crippen LogP contribution in [0.2, 0.25) is 0 Å². The van der Waals surface area contributed by atoms with E-state index in [-0.39, 0.29) is 51.9 Å². The van der Waals surface area contributed by atoms with Crippen LogP contribution < -0.4 is 70.4 Å². The van der Waals surface area contributed by atoms with Crippen molar-refractivity contribution in [3.8, 4) is 0 Å². The van der Waals surface area contributed by atoms with Crippen LogP contribution >= 0.6 is 11.6 Å². The zero-order chi connectivity index (χ0) is 64.2. The number of esters is 1. The molecule has 21 N–H and O–H groups in total. The number of carboxylic acid groups (broad SMARTS) is 1. The molecule has 0 saturated carbocycles. The number of amides is 10. The summed E-state index contributed by atoms with van der Waals surface area (Å²) in [4.78, 5) is 164. The van der Waals surface area contributed by atoms with Gasteiger partial charge in [-0.1, -0.05) is 70.8 Å². The first-order chi connectivity index (χ1) is 40.3. The predicted molar refractivity (Wildman–Crippen MR) is 306 cm³/mol. The summed E-state index contributed by atoms with van der Waals surface area (Å²) < 4.78 is 5.35. The van der Waals surface area contributed by atoms with Crippen LogP contribution in [0.3, 0.4) is 0 Å². The molecule has 32 heteroatoms. The van der Waals surface area contributed by atoms with Gasteiger partial charge < -0.3 is 101 Å². The third kappa shape index (κ3) is 28.9. The van der Waals surface area contributed by atoms with Crippen LogP contribution in [-0.2, 0) is 62.3 Å². The molecular formula is C53H92ClN13O18. The summed E-state index contributed by atoms with van der Waals surface area (Å²) in [5, 5.41) is 75.9. The number of hydrogen-bond donors (Lipinski definition) is 18. The molecule has 0 aromatic heterocycles. The second-order valence-electron chi connectivity index (χ2n) is 20.4. The Labute approximate surface area is 499 Å². The van der Waals surface area contributed by atoms with E-state index in [1.54, 1.807) is 0 Å². The van der Waals surface area contributed by atoms with Crippen LogP contribution in [-0.4, -0.2) is 208 Å². The topological polar surface area (TPSA) is 514 Å². The Hall–Kier alpha value is -6.61. The maximum Gasteiger partial charge on any atom is 0.331 e. The minimum atomic E-state index is -2.48. The molecule has 1 aliphatic rings. The van der Waals surface area contributed by atoms with E-state index < -0.39 is 181 Å². The van der Waals surface area contributed by atoms with Gasteiger partial charge in [-0.15, -0.1) is 11.6 Å². The summed E-state index contributed by atoms with van der Waals surface area (Å²) in [6.07, 6.45) is 0.299. The third-order valence-corrected chi connectivity index (χ3v) is 13.6. The van der Waals surface area contributed by atoms with Gasteiger partial charge in [0.1, 0.15) is 54.6 Å². The Balaban J connectivity index is 4.06. The fourth-order valence-electron chi connectivity index (χ4n) is 8.51. The lowest BCUT2D eigenvalue weighted by Crippen LogP contribution is -2.63. The SMILES string of the molecule is C/C=C1/NC(=O)[C@H]([C@H](C)O)NC(=O)[C@H](CCN)NC(=O)[C@H](CCCCN)NC(=O)[C@H](CC(=O)O)NC(=O)[C@@H](CCN)NC(=O)[C@@H](NC(=O)C[C@@H](O)CCCCCCCCCCC)COC(=O)[C@H]([C@H](O)CCl)NC(=O)[C@H](C(O)C(=O)NCC)NC1=O. The van der Waals surface area contributed by atoms with Gasteiger partial charge in [0.25, 0.3) is 11.8 Å². The van der Waals surface area contributed by atoms with Crippen molar-refractivity contribution in [2.45, 2.75) is 210 Å². The standard InChI is InChI=1S/C53H92ClN13O18/c1-5-8-9-10-11-12-13-14-15-18-30(69)25-38(71)59-36-28-85-53(84)41(37(70)27-54)66-51(82)42(43(74)52(83)58-7-3)67-44(75)31(6-2)60-50(81)40(29(4)68)65-47(78)34(21-24-57)62-45(76)32(19-16-17-22-55)61-48(79)35(26-39(72)73)64-46(77)33(20-23-56)63-49(36)80/h6,29-30,32-37,40-43,68-70,74H,5,7-28,55-57H2,1-4H3,(H,58,83)(H,59,71)(H,60,81)(H,61,79)(H,62,76)(H,63,80)(H,64,77)(H,65,78)(H,66,82)(H,67,75)(H,72,73)/b31-6+/t29-,30-,32-,33+,34-,35-,36-,37+,40-,41-,42-,43?/m0/s1. The van der Waals surface area contributed by atoms with Gasteiger partial charge in [-0.25, -0.2) is 4.79 Å². The number of aliphatic carboxylic acids is 1.